The molecule has 1 fully saturated rings. The molecule has 0 aliphatic carbocycles. The first-order chi connectivity index (χ1) is 13.8. The van der Waals surface area contributed by atoms with Gasteiger partial charge in [-0.1, -0.05) is 51.1 Å². The predicted molar refractivity (Wildman–Crippen MR) is 115 cm³/mol. The van der Waals surface area contributed by atoms with Gasteiger partial charge in [0.1, 0.15) is 11.6 Å². The lowest BCUT2D eigenvalue weighted by Gasteiger charge is -2.21. The zero-order valence-corrected chi connectivity index (χ0v) is 17.9. The molecule has 1 aliphatic rings. The van der Waals surface area contributed by atoms with Crippen molar-refractivity contribution in [2.24, 2.45) is 0 Å². The smallest absolute Gasteiger partial charge is 0.222 e. The van der Waals surface area contributed by atoms with Crippen LogP contribution in [0.15, 0.2) is 36.4 Å². The summed E-state index contributed by atoms with van der Waals surface area (Å²) >= 11 is 0. The third kappa shape index (κ3) is 6.00. The molecule has 0 saturated carbocycles. The Labute approximate surface area is 173 Å². The largest absolute Gasteiger partial charge is 0.378 e. The molecule has 1 unspecified atom stereocenters. The fraction of sp³-hybridized carbons (Fsp3) is 0.522. The summed E-state index contributed by atoms with van der Waals surface area (Å²) in [4.78, 5) is 23.9. The monoisotopic (exact) mass is 396 g/mol. The zero-order valence-electron chi connectivity index (χ0n) is 17.9. The summed E-state index contributed by atoms with van der Waals surface area (Å²) < 4.78 is 5.26. The van der Waals surface area contributed by atoms with Gasteiger partial charge in [0.2, 0.25) is 5.91 Å². The Morgan fingerprint density at radius 3 is 2.69 bits per heavy atom. The van der Waals surface area contributed by atoms with E-state index in [0.29, 0.717) is 19.6 Å². The van der Waals surface area contributed by atoms with Crippen LogP contribution in [0.3, 0.4) is 0 Å². The maximum absolute atomic E-state index is 12.6. The van der Waals surface area contributed by atoms with Crippen molar-refractivity contribution in [2.45, 2.75) is 58.1 Å². The van der Waals surface area contributed by atoms with Crippen LogP contribution in [0.2, 0.25) is 0 Å². The van der Waals surface area contributed by atoms with Crippen LogP contribution in [0.4, 0.5) is 5.82 Å². The number of aromatic nitrogens is 2. The van der Waals surface area contributed by atoms with E-state index in [9.17, 15) is 4.79 Å². The van der Waals surface area contributed by atoms with Gasteiger partial charge in [-0.2, -0.15) is 0 Å². The molecule has 6 nitrogen and oxygen atoms in total. The summed E-state index contributed by atoms with van der Waals surface area (Å²) in [5.41, 5.74) is 1.93. The van der Waals surface area contributed by atoms with Crippen molar-refractivity contribution < 1.29 is 9.53 Å². The van der Waals surface area contributed by atoms with Crippen molar-refractivity contribution in [3.8, 4) is 0 Å². The molecule has 1 aromatic heterocycles. The summed E-state index contributed by atoms with van der Waals surface area (Å²) in [6, 6.07) is 12.3. The standard InChI is InChI=1S/C23H32N4O2/c1-23(2,3)22-25-19(16-29-4)14-20(26-22)24-18-12-13-27(15-18)21(28)11-10-17-8-6-5-7-9-17/h5-9,14,18H,10-13,15-16H2,1-4H3,(H,24,25,26). The highest BCUT2D eigenvalue weighted by atomic mass is 16.5. The summed E-state index contributed by atoms with van der Waals surface area (Å²) in [5, 5.41) is 3.51. The number of aryl methyl sites for hydroxylation is 1. The minimum atomic E-state index is -0.144. The van der Waals surface area contributed by atoms with E-state index in [2.05, 4.69) is 43.2 Å². The van der Waals surface area contributed by atoms with Crippen molar-refractivity contribution in [3.63, 3.8) is 0 Å². The van der Waals surface area contributed by atoms with Gasteiger partial charge in [0, 0.05) is 44.1 Å². The number of nitrogens with one attached hydrogen (secondary N) is 1. The second kappa shape index (κ2) is 9.35. The van der Waals surface area contributed by atoms with E-state index in [0.717, 1.165) is 36.7 Å². The van der Waals surface area contributed by atoms with Gasteiger partial charge in [-0.15, -0.1) is 0 Å². The van der Waals surface area contributed by atoms with E-state index in [1.54, 1.807) is 7.11 Å². The van der Waals surface area contributed by atoms with Crippen LogP contribution in [0.25, 0.3) is 0 Å². The van der Waals surface area contributed by atoms with Crippen LogP contribution in [-0.2, 0) is 28.0 Å². The van der Waals surface area contributed by atoms with Crippen LogP contribution in [-0.4, -0.2) is 47.0 Å². The summed E-state index contributed by atoms with van der Waals surface area (Å²) in [6.07, 6.45) is 2.26. The van der Waals surface area contributed by atoms with Crippen LogP contribution < -0.4 is 5.32 Å². The number of amides is 1. The second-order valence-corrected chi connectivity index (χ2v) is 8.71. The van der Waals surface area contributed by atoms with Crippen molar-refractivity contribution >= 4 is 11.7 Å². The fourth-order valence-corrected chi connectivity index (χ4v) is 3.50. The molecule has 0 bridgehead atoms. The van der Waals surface area contributed by atoms with Crippen molar-refractivity contribution in [1.82, 2.24) is 14.9 Å². The van der Waals surface area contributed by atoms with E-state index in [-0.39, 0.29) is 17.4 Å². The number of carbonyl (C=O) groups excluding carboxylic acids is 1. The Bertz CT molecular complexity index is 817. The maximum atomic E-state index is 12.6. The third-order valence-corrected chi connectivity index (χ3v) is 5.11. The number of likely N-dealkylation sites (tertiary alicyclic amines) is 1. The van der Waals surface area contributed by atoms with E-state index in [4.69, 9.17) is 9.72 Å². The van der Waals surface area contributed by atoms with Crippen LogP contribution in [0, 0.1) is 0 Å². The molecule has 1 saturated heterocycles. The predicted octanol–water partition coefficient (Wildman–Crippen LogP) is 3.57. The number of nitrogens with zero attached hydrogens (tertiary/aromatic N) is 3. The molecule has 2 aromatic rings. The molecular formula is C23H32N4O2. The van der Waals surface area contributed by atoms with Crippen LogP contribution >= 0.6 is 0 Å². The molecule has 1 aliphatic heterocycles. The summed E-state index contributed by atoms with van der Waals surface area (Å²) in [6.45, 7) is 8.26. The van der Waals surface area contributed by atoms with E-state index in [1.807, 2.05) is 29.2 Å². The van der Waals surface area contributed by atoms with E-state index in [1.165, 1.54) is 5.56 Å². The lowest BCUT2D eigenvalue weighted by molar-refractivity contribution is -0.130. The van der Waals surface area contributed by atoms with E-state index >= 15 is 0 Å². The highest BCUT2D eigenvalue weighted by molar-refractivity contribution is 5.77. The van der Waals surface area contributed by atoms with Gasteiger partial charge in [-0.25, -0.2) is 9.97 Å². The van der Waals surface area contributed by atoms with Crippen LogP contribution in [0.1, 0.15) is 50.7 Å². The third-order valence-electron chi connectivity index (χ3n) is 5.11. The molecule has 1 amide bonds. The molecule has 1 N–H and O–H groups in total. The highest BCUT2D eigenvalue weighted by Crippen LogP contribution is 2.22. The van der Waals surface area contributed by atoms with Gasteiger partial charge < -0.3 is 15.0 Å². The molecular weight excluding hydrogens is 364 g/mol. The SMILES string of the molecule is COCc1cc(NC2CCN(C(=O)CCc3ccccc3)C2)nc(C(C)(C)C)n1. The first-order valence-corrected chi connectivity index (χ1v) is 10.3. The summed E-state index contributed by atoms with van der Waals surface area (Å²) in [5.74, 6) is 1.82. The number of hydrogen-bond acceptors (Lipinski definition) is 5. The number of anilines is 1. The minimum Gasteiger partial charge on any atom is -0.378 e. The first-order valence-electron chi connectivity index (χ1n) is 10.3. The molecule has 1 atom stereocenters. The average Bonchev–Trinajstić information content (AvgIpc) is 3.15. The number of benzene rings is 1. The molecule has 2 heterocycles. The number of ether oxygens (including phenoxy) is 1. The highest BCUT2D eigenvalue weighted by Gasteiger charge is 2.27. The molecule has 0 radical (unpaired) electrons. The van der Waals surface area contributed by atoms with Crippen molar-refractivity contribution in [3.05, 3.63) is 53.5 Å². The normalized spacial score (nSPS) is 16.8. The van der Waals surface area contributed by atoms with Crippen molar-refractivity contribution in [1.29, 1.82) is 0 Å². The Hall–Kier alpha value is -2.47. The van der Waals surface area contributed by atoms with Gasteiger partial charge in [0.05, 0.1) is 12.3 Å². The molecule has 1 aromatic carbocycles. The minimum absolute atomic E-state index is 0.144. The van der Waals surface area contributed by atoms with Crippen molar-refractivity contribution in [2.75, 3.05) is 25.5 Å². The van der Waals surface area contributed by atoms with Gasteiger partial charge in [0.25, 0.3) is 0 Å². The molecule has 29 heavy (non-hydrogen) atoms. The van der Waals surface area contributed by atoms with Gasteiger partial charge in [-0.3, -0.25) is 4.79 Å². The molecule has 3 rings (SSSR count). The Kier molecular flexibility index (Phi) is 6.85. The topological polar surface area (TPSA) is 67.3 Å². The van der Waals surface area contributed by atoms with Gasteiger partial charge in [-0.05, 0) is 18.4 Å². The quantitative estimate of drug-likeness (QED) is 0.775. The van der Waals surface area contributed by atoms with Gasteiger partial charge in [0.15, 0.2) is 0 Å². The number of methoxy groups -OCH3 is 1. The fourth-order valence-electron chi connectivity index (χ4n) is 3.50. The van der Waals surface area contributed by atoms with Gasteiger partial charge >= 0.3 is 0 Å². The number of carbonyl (C=O) groups is 1. The lowest BCUT2D eigenvalue weighted by atomic mass is 9.95. The van der Waals surface area contributed by atoms with Crippen LogP contribution in [0.5, 0.6) is 0 Å². The Morgan fingerprint density at radius 1 is 1.24 bits per heavy atom. The van der Waals surface area contributed by atoms with E-state index < -0.39 is 0 Å². The summed E-state index contributed by atoms with van der Waals surface area (Å²) in [7, 11) is 1.67. The maximum Gasteiger partial charge on any atom is 0.222 e. The average molecular weight is 397 g/mol. The lowest BCUT2D eigenvalue weighted by Crippen LogP contribution is -2.32. The first kappa shape index (κ1) is 21.2. The second-order valence-electron chi connectivity index (χ2n) is 8.71. The Balaban J connectivity index is 1.59. The molecule has 156 valence electrons. The zero-order chi connectivity index (χ0) is 20.9. The number of hydrogen-bond donors (Lipinski definition) is 1. The molecule has 6 heteroatoms. The Morgan fingerprint density at radius 2 is 2.00 bits per heavy atom. The number of rotatable bonds is 7. The molecule has 0 spiro atoms.